The Balaban J connectivity index is 2.78. The first-order valence-corrected chi connectivity index (χ1v) is 7.33. The molecule has 0 bridgehead atoms. The lowest BCUT2D eigenvalue weighted by molar-refractivity contribution is 0.149. The quantitative estimate of drug-likeness (QED) is 0.729. The zero-order valence-corrected chi connectivity index (χ0v) is 13.0. The lowest BCUT2D eigenvalue weighted by Crippen LogP contribution is -2.29. The van der Waals surface area contributed by atoms with Gasteiger partial charge in [-0.05, 0) is 32.4 Å². The van der Waals surface area contributed by atoms with Gasteiger partial charge < -0.3 is 19.9 Å². The van der Waals surface area contributed by atoms with E-state index < -0.39 is 0 Å². The first kappa shape index (κ1) is 16.6. The second-order valence-corrected chi connectivity index (χ2v) is 5.20. The van der Waals surface area contributed by atoms with Crippen LogP contribution in [0.3, 0.4) is 0 Å². The molecule has 0 radical (unpaired) electrons. The molecular weight excluding hydrogens is 254 g/mol. The van der Waals surface area contributed by atoms with Crippen molar-refractivity contribution >= 4 is 5.69 Å². The molecule has 4 nitrogen and oxygen atoms in total. The molecule has 1 rings (SSSR count). The molecule has 0 aliphatic rings. The second kappa shape index (κ2) is 8.00. The van der Waals surface area contributed by atoms with Gasteiger partial charge in [-0.2, -0.15) is 0 Å². The van der Waals surface area contributed by atoms with E-state index in [1.807, 2.05) is 32.0 Å². The zero-order valence-electron chi connectivity index (χ0n) is 13.0. The first-order chi connectivity index (χ1) is 9.58. The molecule has 0 heterocycles. The van der Waals surface area contributed by atoms with Crippen LogP contribution in [0.1, 0.15) is 34.1 Å². The summed E-state index contributed by atoms with van der Waals surface area (Å²) in [4.78, 5) is 0. The van der Waals surface area contributed by atoms with Gasteiger partial charge in [-0.1, -0.05) is 13.8 Å². The van der Waals surface area contributed by atoms with E-state index >= 15 is 0 Å². The van der Waals surface area contributed by atoms with Crippen molar-refractivity contribution in [2.24, 2.45) is 5.41 Å². The van der Waals surface area contributed by atoms with E-state index in [4.69, 9.17) is 9.47 Å². The van der Waals surface area contributed by atoms with Crippen LogP contribution in [0, 0.1) is 5.41 Å². The van der Waals surface area contributed by atoms with Gasteiger partial charge in [0.2, 0.25) is 0 Å². The zero-order chi connectivity index (χ0) is 15.0. The van der Waals surface area contributed by atoms with Gasteiger partial charge in [-0.25, -0.2) is 0 Å². The van der Waals surface area contributed by atoms with E-state index in [9.17, 15) is 5.11 Å². The maximum atomic E-state index is 9.43. The van der Waals surface area contributed by atoms with Gasteiger partial charge >= 0.3 is 0 Å². The Bertz CT molecular complexity index is 403. The summed E-state index contributed by atoms with van der Waals surface area (Å²) in [7, 11) is 0. The molecule has 0 saturated carbocycles. The van der Waals surface area contributed by atoms with Crippen LogP contribution in [-0.4, -0.2) is 31.5 Å². The largest absolute Gasteiger partial charge is 0.490 e. The molecule has 114 valence electrons. The predicted molar refractivity (Wildman–Crippen MR) is 82.8 cm³/mol. The Labute approximate surface area is 122 Å². The minimum Gasteiger partial charge on any atom is -0.490 e. The van der Waals surface area contributed by atoms with Crippen molar-refractivity contribution in [3.8, 4) is 11.5 Å². The normalized spacial score (nSPS) is 13.7. The summed E-state index contributed by atoms with van der Waals surface area (Å²) >= 11 is 0. The monoisotopic (exact) mass is 281 g/mol. The standard InChI is InChI=1S/C16H27NO3/c1-5-16(4,12-18)11-17-13-8-9-14(19-6-2)15(10-13)20-7-3/h8-10,17-18H,5-7,11-12H2,1-4H3. The highest BCUT2D eigenvalue weighted by molar-refractivity contribution is 5.54. The van der Waals surface area contributed by atoms with Crippen LogP contribution >= 0.6 is 0 Å². The van der Waals surface area contributed by atoms with Crippen molar-refractivity contribution in [2.45, 2.75) is 34.1 Å². The molecule has 0 amide bonds. The van der Waals surface area contributed by atoms with Crippen LogP contribution < -0.4 is 14.8 Å². The SMILES string of the molecule is CCOc1ccc(NCC(C)(CC)CO)cc1OCC. The van der Waals surface area contributed by atoms with Gasteiger partial charge in [0.15, 0.2) is 11.5 Å². The number of rotatable bonds is 9. The third-order valence-electron chi connectivity index (χ3n) is 3.50. The van der Waals surface area contributed by atoms with Gasteiger partial charge in [0.05, 0.1) is 19.8 Å². The van der Waals surface area contributed by atoms with E-state index in [1.165, 1.54) is 0 Å². The summed E-state index contributed by atoms with van der Waals surface area (Å²) < 4.78 is 11.1. The molecule has 0 aliphatic heterocycles. The third-order valence-corrected chi connectivity index (χ3v) is 3.50. The Kier molecular flexibility index (Phi) is 6.65. The van der Waals surface area contributed by atoms with Crippen molar-refractivity contribution in [2.75, 3.05) is 31.7 Å². The average molecular weight is 281 g/mol. The smallest absolute Gasteiger partial charge is 0.163 e. The molecule has 0 aliphatic carbocycles. The summed E-state index contributed by atoms with van der Waals surface area (Å²) in [6.07, 6.45) is 0.922. The number of nitrogens with one attached hydrogen (secondary N) is 1. The van der Waals surface area contributed by atoms with E-state index in [-0.39, 0.29) is 12.0 Å². The first-order valence-electron chi connectivity index (χ1n) is 7.33. The fourth-order valence-corrected chi connectivity index (χ4v) is 1.77. The van der Waals surface area contributed by atoms with E-state index in [0.717, 1.165) is 30.2 Å². The molecule has 1 aromatic rings. The number of hydrogen-bond donors (Lipinski definition) is 2. The Morgan fingerprint density at radius 1 is 1.10 bits per heavy atom. The molecule has 1 atom stereocenters. The lowest BCUT2D eigenvalue weighted by Gasteiger charge is -2.26. The highest BCUT2D eigenvalue weighted by Crippen LogP contribution is 2.31. The molecule has 4 heteroatoms. The minimum atomic E-state index is -0.107. The minimum absolute atomic E-state index is 0.107. The summed E-state index contributed by atoms with van der Waals surface area (Å²) in [6, 6.07) is 5.84. The Morgan fingerprint density at radius 2 is 1.75 bits per heavy atom. The molecule has 0 aromatic heterocycles. The molecule has 20 heavy (non-hydrogen) atoms. The second-order valence-electron chi connectivity index (χ2n) is 5.20. The van der Waals surface area contributed by atoms with Crippen molar-refractivity contribution in [1.29, 1.82) is 0 Å². The van der Waals surface area contributed by atoms with Crippen molar-refractivity contribution < 1.29 is 14.6 Å². The van der Waals surface area contributed by atoms with Crippen LogP contribution in [0.2, 0.25) is 0 Å². The molecule has 0 spiro atoms. The molecule has 1 unspecified atom stereocenters. The van der Waals surface area contributed by atoms with E-state index in [2.05, 4.69) is 19.2 Å². The van der Waals surface area contributed by atoms with Gasteiger partial charge in [0.25, 0.3) is 0 Å². The lowest BCUT2D eigenvalue weighted by atomic mass is 9.88. The number of benzene rings is 1. The van der Waals surface area contributed by atoms with Crippen LogP contribution in [0.5, 0.6) is 11.5 Å². The summed E-state index contributed by atoms with van der Waals surface area (Å²) in [5.74, 6) is 1.52. The Hall–Kier alpha value is -1.42. The van der Waals surface area contributed by atoms with Crippen LogP contribution in [0.25, 0.3) is 0 Å². The fourth-order valence-electron chi connectivity index (χ4n) is 1.77. The number of aliphatic hydroxyl groups is 1. The van der Waals surface area contributed by atoms with Gasteiger partial charge in [0.1, 0.15) is 0 Å². The summed E-state index contributed by atoms with van der Waals surface area (Å²) in [6.45, 7) is 10.2. The van der Waals surface area contributed by atoms with Crippen LogP contribution in [-0.2, 0) is 0 Å². The van der Waals surface area contributed by atoms with Crippen LogP contribution in [0.15, 0.2) is 18.2 Å². The molecule has 0 saturated heterocycles. The molecule has 0 fully saturated rings. The number of aliphatic hydroxyl groups excluding tert-OH is 1. The molecule has 1 aromatic carbocycles. The highest BCUT2D eigenvalue weighted by Gasteiger charge is 2.20. The summed E-state index contributed by atoms with van der Waals surface area (Å²) in [5, 5.41) is 12.8. The maximum absolute atomic E-state index is 9.43. The summed E-state index contributed by atoms with van der Waals surface area (Å²) in [5.41, 5.74) is 0.870. The number of anilines is 1. The average Bonchev–Trinajstić information content (AvgIpc) is 2.47. The topological polar surface area (TPSA) is 50.7 Å². The van der Waals surface area contributed by atoms with E-state index in [1.54, 1.807) is 0 Å². The van der Waals surface area contributed by atoms with Gasteiger partial charge in [-0.3, -0.25) is 0 Å². The molecular formula is C16H27NO3. The third kappa shape index (κ3) is 4.60. The number of hydrogen-bond acceptors (Lipinski definition) is 4. The van der Waals surface area contributed by atoms with Crippen molar-refractivity contribution in [3.05, 3.63) is 18.2 Å². The van der Waals surface area contributed by atoms with Crippen LogP contribution in [0.4, 0.5) is 5.69 Å². The fraction of sp³-hybridized carbons (Fsp3) is 0.625. The van der Waals surface area contributed by atoms with Crippen molar-refractivity contribution in [1.82, 2.24) is 0 Å². The van der Waals surface area contributed by atoms with Gasteiger partial charge in [-0.15, -0.1) is 0 Å². The predicted octanol–water partition coefficient (Wildman–Crippen LogP) is 3.30. The van der Waals surface area contributed by atoms with Gasteiger partial charge in [0, 0.05) is 23.7 Å². The van der Waals surface area contributed by atoms with E-state index in [0.29, 0.717) is 13.2 Å². The highest BCUT2D eigenvalue weighted by atomic mass is 16.5. The maximum Gasteiger partial charge on any atom is 0.163 e. The van der Waals surface area contributed by atoms with Crippen molar-refractivity contribution in [3.63, 3.8) is 0 Å². The Morgan fingerprint density at radius 3 is 2.30 bits per heavy atom. The molecule has 2 N–H and O–H groups in total. The number of ether oxygens (including phenoxy) is 2.